The number of methoxy groups -OCH3 is 2. The third-order valence-electron chi connectivity index (χ3n) is 3.40. The first-order valence-corrected chi connectivity index (χ1v) is 7.56. The van der Waals surface area contributed by atoms with Gasteiger partial charge < -0.3 is 14.8 Å². The van der Waals surface area contributed by atoms with Gasteiger partial charge in [-0.1, -0.05) is 6.42 Å². The highest BCUT2D eigenvalue weighted by Crippen LogP contribution is 2.40. The quantitative estimate of drug-likeness (QED) is 0.848. The molecule has 1 N–H and O–H groups in total. The number of hydrogen-bond acceptors (Lipinski definition) is 4. The lowest BCUT2D eigenvalue weighted by Gasteiger charge is -2.26. The van der Waals surface area contributed by atoms with Crippen LogP contribution in [0.25, 0.3) is 0 Å². The van der Waals surface area contributed by atoms with E-state index in [1.807, 2.05) is 6.07 Å². The molecule has 1 aliphatic rings. The zero-order chi connectivity index (χ0) is 13.0. The van der Waals surface area contributed by atoms with Crippen molar-refractivity contribution < 1.29 is 9.47 Å². The van der Waals surface area contributed by atoms with Crippen LogP contribution in [0, 0.1) is 0 Å². The molecule has 1 heterocycles. The van der Waals surface area contributed by atoms with Crippen molar-refractivity contribution in [3.8, 4) is 11.5 Å². The van der Waals surface area contributed by atoms with E-state index in [-0.39, 0.29) is 0 Å². The van der Waals surface area contributed by atoms with E-state index in [0.29, 0.717) is 6.04 Å². The molecule has 0 aromatic heterocycles. The first kappa shape index (κ1) is 13.6. The summed E-state index contributed by atoms with van der Waals surface area (Å²) in [5.74, 6) is 1.89. The summed E-state index contributed by atoms with van der Waals surface area (Å²) in [6, 6.07) is 4.52. The van der Waals surface area contributed by atoms with Crippen LogP contribution in [0.5, 0.6) is 11.5 Å². The molecule has 1 saturated heterocycles. The van der Waals surface area contributed by atoms with Crippen molar-refractivity contribution in [1.29, 1.82) is 0 Å². The lowest BCUT2D eigenvalue weighted by atomic mass is 9.96. The van der Waals surface area contributed by atoms with Gasteiger partial charge in [-0.2, -0.15) is 0 Å². The number of rotatable bonds is 4. The number of piperidine rings is 1. The Balaban J connectivity index is 2.41. The minimum Gasteiger partial charge on any atom is -0.497 e. The van der Waals surface area contributed by atoms with Gasteiger partial charge in [0.1, 0.15) is 11.5 Å². The smallest absolute Gasteiger partial charge is 0.137 e. The van der Waals surface area contributed by atoms with Gasteiger partial charge in [-0.25, -0.2) is 0 Å². The molecule has 1 aliphatic heterocycles. The summed E-state index contributed by atoms with van der Waals surface area (Å²) in [4.78, 5) is 1.14. The van der Waals surface area contributed by atoms with Crippen molar-refractivity contribution in [2.24, 2.45) is 0 Å². The van der Waals surface area contributed by atoms with Crippen LogP contribution in [0.15, 0.2) is 17.0 Å². The standard InChI is InChI=1S/C14H21NO2S/c1-16-10-8-11(12-6-4-5-7-15-12)14(17-2)13(9-10)18-3/h8-9,12,15H,4-7H2,1-3H3. The number of ether oxygens (including phenoxy) is 2. The Bertz CT molecular complexity index is 403. The molecule has 1 aromatic carbocycles. The summed E-state index contributed by atoms with van der Waals surface area (Å²) in [7, 11) is 3.46. The van der Waals surface area contributed by atoms with Crippen LogP contribution < -0.4 is 14.8 Å². The molecule has 4 heteroatoms. The summed E-state index contributed by atoms with van der Waals surface area (Å²) in [6.45, 7) is 1.08. The van der Waals surface area contributed by atoms with Crippen molar-refractivity contribution in [3.63, 3.8) is 0 Å². The van der Waals surface area contributed by atoms with Crippen LogP contribution in [0.1, 0.15) is 30.9 Å². The van der Waals surface area contributed by atoms with Crippen LogP contribution in [0.2, 0.25) is 0 Å². The summed E-state index contributed by atoms with van der Waals surface area (Å²) in [5.41, 5.74) is 1.22. The minimum atomic E-state index is 0.384. The third kappa shape index (κ3) is 2.75. The molecular weight excluding hydrogens is 246 g/mol. The maximum Gasteiger partial charge on any atom is 0.137 e. The Morgan fingerprint density at radius 1 is 1.22 bits per heavy atom. The SMILES string of the molecule is COc1cc(SC)c(OC)c(C2CCCCN2)c1. The molecule has 18 heavy (non-hydrogen) atoms. The molecule has 0 aliphatic carbocycles. The van der Waals surface area contributed by atoms with Crippen molar-refractivity contribution in [3.05, 3.63) is 17.7 Å². The Kier molecular flexibility index (Phi) is 4.78. The molecule has 1 aromatic rings. The average Bonchev–Trinajstić information content (AvgIpc) is 2.46. The van der Waals surface area contributed by atoms with Gasteiger partial charge in [-0.05, 0) is 37.8 Å². The maximum atomic E-state index is 5.60. The van der Waals surface area contributed by atoms with E-state index in [4.69, 9.17) is 9.47 Å². The lowest BCUT2D eigenvalue weighted by molar-refractivity contribution is 0.360. The van der Waals surface area contributed by atoms with Crippen molar-refractivity contribution >= 4 is 11.8 Å². The van der Waals surface area contributed by atoms with Crippen molar-refractivity contribution in [2.45, 2.75) is 30.2 Å². The van der Waals surface area contributed by atoms with Gasteiger partial charge in [0.2, 0.25) is 0 Å². The fraction of sp³-hybridized carbons (Fsp3) is 0.571. The van der Waals surface area contributed by atoms with Crippen LogP contribution in [0.4, 0.5) is 0 Å². The van der Waals surface area contributed by atoms with E-state index in [0.717, 1.165) is 29.4 Å². The van der Waals surface area contributed by atoms with Gasteiger partial charge in [0, 0.05) is 11.6 Å². The predicted octanol–water partition coefficient (Wildman–Crippen LogP) is 3.24. The first-order chi connectivity index (χ1) is 8.80. The molecule has 1 atom stereocenters. The maximum absolute atomic E-state index is 5.60. The second-order valence-corrected chi connectivity index (χ2v) is 5.30. The molecule has 3 nitrogen and oxygen atoms in total. The summed E-state index contributed by atoms with van der Waals surface area (Å²) in [5, 5.41) is 3.57. The molecule has 0 bridgehead atoms. The fourth-order valence-corrected chi connectivity index (χ4v) is 3.08. The van der Waals surface area contributed by atoms with Gasteiger partial charge in [-0.15, -0.1) is 11.8 Å². The van der Waals surface area contributed by atoms with Gasteiger partial charge in [0.15, 0.2) is 0 Å². The highest BCUT2D eigenvalue weighted by Gasteiger charge is 2.21. The molecule has 2 rings (SSSR count). The van der Waals surface area contributed by atoms with Crippen LogP contribution in [-0.2, 0) is 0 Å². The van der Waals surface area contributed by atoms with Gasteiger partial charge in [-0.3, -0.25) is 0 Å². The fourth-order valence-electron chi connectivity index (χ4n) is 2.46. The van der Waals surface area contributed by atoms with Gasteiger partial charge >= 0.3 is 0 Å². The largest absolute Gasteiger partial charge is 0.497 e. The highest BCUT2D eigenvalue weighted by atomic mass is 32.2. The monoisotopic (exact) mass is 267 g/mol. The van der Waals surface area contributed by atoms with Crippen LogP contribution in [0.3, 0.4) is 0 Å². The zero-order valence-corrected chi connectivity index (χ0v) is 12.1. The lowest BCUT2D eigenvalue weighted by Crippen LogP contribution is -2.27. The van der Waals surface area contributed by atoms with Gasteiger partial charge in [0.05, 0.1) is 19.1 Å². The van der Waals surface area contributed by atoms with Crippen molar-refractivity contribution in [1.82, 2.24) is 5.32 Å². The molecule has 1 fully saturated rings. The Hall–Kier alpha value is -0.870. The minimum absolute atomic E-state index is 0.384. The summed E-state index contributed by atoms with van der Waals surface area (Å²) >= 11 is 1.69. The van der Waals surface area contributed by atoms with Gasteiger partial charge in [0.25, 0.3) is 0 Å². The number of thioether (sulfide) groups is 1. The van der Waals surface area contributed by atoms with E-state index in [2.05, 4.69) is 17.6 Å². The zero-order valence-electron chi connectivity index (χ0n) is 11.3. The highest BCUT2D eigenvalue weighted by molar-refractivity contribution is 7.98. The molecule has 0 amide bonds. The third-order valence-corrected chi connectivity index (χ3v) is 4.15. The number of benzene rings is 1. The Morgan fingerprint density at radius 3 is 2.61 bits per heavy atom. The average molecular weight is 267 g/mol. The second kappa shape index (κ2) is 6.34. The molecule has 100 valence electrons. The topological polar surface area (TPSA) is 30.5 Å². The van der Waals surface area contributed by atoms with Crippen molar-refractivity contribution in [2.75, 3.05) is 27.0 Å². The van der Waals surface area contributed by atoms with E-state index >= 15 is 0 Å². The molecule has 0 spiro atoms. The molecular formula is C14H21NO2S. The Morgan fingerprint density at radius 2 is 2.06 bits per heavy atom. The van der Waals surface area contributed by atoms with Crippen LogP contribution >= 0.6 is 11.8 Å². The van der Waals surface area contributed by atoms with E-state index < -0.39 is 0 Å². The number of nitrogens with one attached hydrogen (secondary N) is 1. The predicted molar refractivity (Wildman–Crippen MR) is 75.9 cm³/mol. The van der Waals surface area contributed by atoms with E-state index in [1.165, 1.54) is 18.4 Å². The normalized spacial score (nSPS) is 19.6. The molecule has 0 saturated carbocycles. The molecule has 1 unspecified atom stereocenters. The Labute approximate surface area is 113 Å². The molecule has 0 radical (unpaired) electrons. The van der Waals surface area contributed by atoms with E-state index in [9.17, 15) is 0 Å². The van der Waals surface area contributed by atoms with Crippen LogP contribution in [-0.4, -0.2) is 27.0 Å². The van der Waals surface area contributed by atoms with E-state index in [1.54, 1.807) is 26.0 Å². The first-order valence-electron chi connectivity index (χ1n) is 6.33. The summed E-state index contributed by atoms with van der Waals surface area (Å²) < 4.78 is 11.0. The summed E-state index contributed by atoms with van der Waals surface area (Å²) in [6.07, 6.45) is 5.76. The second-order valence-electron chi connectivity index (χ2n) is 4.45. The number of hydrogen-bond donors (Lipinski definition) is 1.